The SMILES string of the molecule is Cc1cc(C(=O)COC(=O)/C=C/c2cn(C)c(=O)n(C)c2=O)c(C)n1CCc1ccccc1. The van der Waals surface area contributed by atoms with Gasteiger partial charge in [0.2, 0.25) is 5.78 Å². The lowest BCUT2D eigenvalue weighted by molar-refractivity contribution is -0.136. The Balaban J connectivity index is 1.63. The summed E-state index contributed by atoms with van der Waals surface area (Å²) in [7, 11) is 2.86. The van der Waals surface area contributed by atoms with Gasteiger partial charge in [0.25, 0.3) is 5.56 Å². The average molecular weight is 450 g/mol. The van der Waals surface area contributed by atoms with Crippen LogP contribution in [0.4, 0.5) is 0 Å². The van der Waals surface area contributed by atoms with Gasteiger partial charge in [0.1, 0.15) is 0 Å². The Hall–Kier alpha value is -3.94. The third-order valence-corrected chi connectivity index (χ3v) is 5.56. The summed E-state index contributed by atoms with van der Waals surface area (Å²) in [4.78, 5) is 48.6. The molecule has 0 radical (unpaired) electrons. The summed E-state index contributed by atoms with van der Waals surface area (Å²) in [5.74, 6) is -1.05. The third kappa shape index (κ3) is 5.46. The molecule has 0 amide bonds. The number of nitrogens with zero attached hydrogens (tertiary/aromatic N) is 3. The van der Waals surface area contributed by atoms with E-state index in [2.05, 4.69) is 16.7 Å². The highest BCUT2D eigenvalue weighted by Crippen LogP contribution is 2.17. The molecule has 0 spiro atoms. The lowest BCUT2D eigenvalue weighted by Crippen LogP contribution is -2.37. The zero-order valence-corrected chi connectivity index (χ0v) is 19.2. The van der Waals surface area contributed by atoms with E-state index in [-0.39, 0.29) is 11.3 Å². The van der Waals surface area contributed by atoms with Crippen molar-refractivity contribution in [3.05, 3.63) is 97.6 Å². The van der Waals surface area contributed by atoms with Gasteiger partial charge in [-0.25, -0.2) is 9.59 Å². The van der Waals surface area contributed by atoms with E-state index in [1.54, 1.807) is 6.07 Å². The minimum atomic E-state index is -0.753. The molecule has 1 aromatic carbocycles. The van der Waals surface area contributed by atoms with Gasteiger partial charge in [-0.2, -0.15) is 0 Å². The van der Waals surface area contributed by atoms with Crippen LogP contribution in [-0.2, 0) is 36.6 Å². The fraction of sp³-hybridized carbons (Fsp3) is 0.280. The highest BCUT2D eigenvalue weighted by Gasteiger charge is 2.17. The van der Waals surface area contributed by atoms with Gasteiger partial charge < -0.3 is 13.9 Å². The van der Waals surface area contributed by atoms with Gasteiger partial charge in [0.15, 0.2) is 6.61 Å². The van der Waals surface area contributed by atoms with Gasteiger partial charge in [-0.3, -0.25) is 14.2 Å². The summed E-state index contributed by atoms with van der Waals surface area (Å²) in [6, 6.07) is 11.9. The molecule has 0 atom stereocenters. The molecule has 0 aliphatic heterocycles. The van der Waals surface area contributed by atoms with Crippen molar-refractivity contribution in [1.29, 1.82) is 0 Å². The van der Waals surface area contributed by atoms with Crippen LogP contribution in [0.2, 0.25) is 0 Å². The van der Waals surface area contributed by atoms with Gasteiger partial charge in [0, 0.05) is 49.9 Å². The zero-order chi connectivity index (χ0) is 24.1. The summed E-state index contributed by atoms with van der Waals surface area (Å²) in [5.41, 5.74) is 2.69. The van der Waals surface area contributed by atoms with Crippen molar-refractivity contribution in [2.24, 2.45) is 14.1 Å². The molecule has 0 unspecified atom stereocenters. The fourth-order valence-corrected chi connectivity index (χ4v) is 3.68. The molecule has 2 heterocycles. The Morgan fingerprint density at radius 1 is 1.06 bits per heavy atom. The topological polar surface area (TPSA) is 92.3 Å². The van der Waals surface area contributed by atoms with Gasteiger partial charge in [-0.1, -0.05) is 30.3 Å². The maximum atomic E-state index is 12.7. The first-order valence-corrected chi connectivity index (χ1v) is 10.5. The quantitative estimate of drug-likeness (QED) is 0.299. The van der Waals surface area contributed by atoms with Gasteiger partial charge in [-0.15, -0.1) is 0 Å². The molecular formula is C25H27N3O5. The first-order valence-electron chi connectivity index (χ1n) is 10.5. The van der Waals surface area contributed by atoms with Crippen LogP contribution >= 0.6 is 0 Å². The van der Waals surface area contributed by atoms with Crippen molar-refractivity contribution >= 4 is 17.8 Å². The van der Waals surface area contributed by atoms with E-state index < -0.39 is 23.8 Å². The number of ether oxygens (including phenoxy) is 1. The number of hydrogen-bond acceptors (Lipinski definition) is 5. The van der Waals surface area contributed by atoms with E-state index in [0.29, 0.717) is 5.56 Å². The van der Waals surface area contributed by atoms with Crippen LogP contribution in [0.25, 0.3) is 6.08 Å². The largest absolute Gasteiger partial charge is 0.454 e. The number of carbonyl (C=O) groups excluding carboxylic acids is 2. The normalized spacial score (nSPS) is 11.2. The Kier molecular flexibility index (Phi) is 7.27. The summed E-state index contributed by atoms with van der Waals surface area (Å²) in [6.07, 6.45) is 4.51. The van der Waals surface area contributed by atoms with Crippen molar-refractivity contribution in [1.82, 2.24) is 13.7 Å². The molecule has 0 bridgehead atoms. The molecule has 33 heavy (non-hydrogen) atoms. The second-order valence-corrected chi connectivity index (χ2v) is 7.88. The Morgan fingerprint density at radius 2 is 1.76 bits per heavy atom. The van der Waals surface area contributed by atoms with E-state index in [1.165, 1.54) is 36.5 Å². The zero-order valence-electron chi connectivity index (χ0n) is 19.2. The number of hydrogen-bond donors (Lipinski definition) is 0. The number of Topliss-reactive ketones (excluding diaryl/α,β-unsaturated/α-hetero) is 1. The maximum Gasteiger partial charge on any atom is 0.331 e. The van der Waals surface area contributed by atoms with Crippen LogP contribution in [0, 0.1) is 13.8 Å². The highest BCUT2D eigenvalue weighted by molar-refractivity contribution is 6.00. The predicted octanol–water partition coefficient (Wildman–Crippen LogP) is 2.18. The third-order valence-electron chi connectivity index (χ3n) is 5.56. The molecule has 3 rings (SSSR count). The molecule has 0 saturated heterocycles. The molecular weight excluding hydrogens is 422 g/mol. The molecule has 0 aliphatic rings. The fourth-order valence-electron chi connectivity index (χ4n) is 3.68. The van der Waals surface area contributed by atoms with Gasteiger partial charge >= 0.3 is 11.7 Å². The molecule has 0 aliphatic carbocycles. The van der Waals surface area contributed by atoms with E-state index in [0.717, 1.165) is 35.0 Å². The lowest BCUT2D eigenvalue weighted by Gasteiger charge is -2.10. The smallest absolute Gasteiger partial charge is 0.331 e. The lowest BCUT2D eigenvalue weighted by atomic mass is 10.1. The van der Waals surface area contributed by atoms with E-state index in [9.17, 15) is 19.2 Å². The van der Waals surface area contributed by atoms with Crippen molar-refractivity contribution in [3.8, 4) is 0 Å². The minimum Gasteiger partial charge on any atom is -0.454 e. The molecule has 0 fully saturated rings. The van der Waals surface area contributed by atoms with E-state index in [4.69, 9.17) is 4.74 Å². The number of benzene rings is 1. The number of carbonyl (C=O) groups is 2. The van der Waals surface area contributed by atoms with Crippen LogP contribution in [-0.4, -0.2) is 32.1 Å². The van der Waals surface area contributed by atoms with E-state index >= 15 is 0 Å². The summed E-state index contributed by atoms with van der Waals surface area (Å²) in [5, 5.41) is 0. The number of aromatic nitrogens is 3. The summed E-state index contributed by atoms with van der Waals surface area (Å²) < 4.78 is 9.34. The molecule has 3 aromatic rings. The Labute approximate surface area is 191 Å². The van der Waals surface area contributed by atoms with Crippen LogP contribution in [0.5, 0.6) is 0 Å². The maximum absolute atomic E-state index is 12.7. The van der Waals surface area contributed by atoms with Crippen LogP contribution < -0.4 is 11.2 Å². The van der Waals surface area contributed by atoms with Gasteiger partial charge in [-0.05, 0) is 38.0 Å². The second kappa shape index (κ2) is 10.1. The monoisotopic (exact) mass is 449 g/mol. The summed E-state index contributed by atoms with van der Waals surface area (Å²) >= 11 is 0. The van der Waals surface area contributed by atoms with E-state index in [1.807, 2.05) is 32.0 Å². The van der Waals surface area contributed by atoms with Crippen molar-refractivity contribution in [3.63, 3.8) is 0 Å². The molecule has 2 aromatic heterocycles. The van der Waals surface area contributed by atoms with Crippen LogP contribution in [0.1, 0.15) is 32.9 Å². The molecule has 172 valence electrons. The van der Waals surface area contributed by atoms with Crippen molar-refractivity contribution in [2.75, 3.05) is 6.61 Å². The average Bonchev–Trinajstić information content (AvgIpc) is 3.10. The number of rotatable bonds is 8. The highest BCUT2D eigenvalue weighted by atomic mass is 16.5. The standard InChI is InChI=1S/C25H27N3O5/c1-17-14-21(18(2)28(17)13-12-19-8-6-5-7-9-19)22(29)16-33-23(30)11-10-20-15-26(3)25(32)27(4)24(20)31/h5-11,14-15H,12-13,16H2,1-4H3/b11-10+. The molecule has 0 saturated carbocycles. The van der Waals surface area contributed by atoms with Crippen LogP contribution in [0.3, 0.4) is 0 Å². The predicted molar refractivity (Wildman–Crippen MR) is 125 cm³/mol. The Bertz CT molecular complexity index is 1330. The molecule has 0 N–H and O–H groups in total. The molecule has 8 heteroatoms. The van der Waals surface area contributed by atoms with Crippen molar-refractivity contribution in [2.45, 2.75) is 26.8 Å². The van der Waals surface area contributed by atoms with Crippen molar-refractivity contribution < 1.29 is 14.3 Å². The van der Waals surface area contributed by atoms with Gasteiger partial charge in [0.05, 0.1) is 5.56 Å². The number of aryl methyl sites for hydroxylation is 3. The summed E-state index contributed by atoms with van der Waals surface area (Å²) in [6.45, 7) is 4.16. The second-order valence-electron chi connectivity index (χ2n) is 7.88. The number of ketones is 1. The van der Waals surface area contributed by atoms with Crippen LogP contribution in [0.15, 0.2) is 58.3 Å². The Morgan fingerprint density at radius 3 is 2.45 bits per heavy atom. The molecule has 8 nitrogen and oxygen atoms in total. The minimum absolute atomic E-state index is 0.157. The number of esters is 1. The first-order chi connectivity index (χ1) is 15.7. The first kappa shape index (κ1) is 23.7.